The molecule has 1 aliphatic rings. The van der Waals surface area contributed by atoms with Crippen LogP contribution in [0, 0.1) is 13.8 Å². The molecule has 1 saturated carbocycles. The highest BCUT2D eigenvalue weighted by molar-refractivity contribution is 5.79. The zero-order valence-corrected chi connectivity index (χ0v) is 13.9. The number of carbonyl (C=O) groups excluding carboxylic acids is 1. The molecule has 2 aromatic rings. The van der Waals surface area contributed by atoms with Gasteiger partial charge in [0, 0.05) is 18.3 Å². The molecule has 3 nitrogen and oxygen atoms in total. The molecule has 0 spiro atoms. The number of rotatable bonds is 5. The van der Waals surface area contributed by atoms with Gasteiger partial charge in [-0.2, -0.15) is 0 Å². The van der Waals surface area contributed by atoms with Crippen LogP contribution in [0.1, 0.15) is 35.1 Å². The maximum atomic E-state index is 12.7. The Kier molecular flexibility index (Phi) is 4.37. The molecule has 1 amide bonds. The summed E-state index contributed by atoms with van der Waals surface area (Å²) in [5.74, 6) is 0.204. The molecule has 0 radical (unpaired) electrons. The number of nitrogens with two attached hydrogens (primary N) is 1. The van der Waals surface area contributed by atoms with E-state index in [1.54, 1.807) is 0 Å². The molecule has 2 aromatic carbocycles. The van der Waals surface area contributed by atoms with Gasteiger partial charge in [0.1, 0.15) is 0 Å². The van der Waals surface area contributed by atoms with Crippen molar-refractivity contribution in [2.24, 2.45) is 0 Å². The molecule has 2 N–H and O–H groups in total. The largest absolute Gasteiger partial charge is 0.399 e. The SMILES string of the molecule is Cc1ccc(CN(C(=O)Cc2ccc(N)cc2)C2CC2)cc1C. The van der Waals surface area contributed by atoms with Gasteiger partial charge in [0.2, 0.25) is 5.91 Å². The van der Waals surface area contributed by atoms with Crippen molar-refractivity contribution < 1.29 is 4.79 Å². The quantitative estimate of drug-likeness (QED) is 0.858. The molecule has 3 rings (SSSR count). The lowest BCUT2D eigenvalue weighted by Gasteiger charge is -2.23. The Morgan fingerprint density at radius 3 is 2.30 bits per heavy atom. The van der Waals surface area contributed by atoms with Crippen molar-refractivity contribution in [3.8, 4) is 0 Å². The van der Waals surface area contributed by atoms with E-state index >= 15 is 0 Å². The van der Waals surface area contributed by atoms with Crippen LogP contribution in [-0.2, 0) is 17.8 Å². The third-order valence-electron chi connectivity index (χ3n) is 4.57. The number of nitrogens with zero attached hydrogens (tertiary/aromatic N) is 1. The molecule has 0 bridgehead atoms. The Balaban J connectivity index is 1.71. The van der Waals surface area contributed by atoms with Gasteiger partial charge in [-0.15, -0.1) is 0 Å². The van der Waals surface area contributed by atoms with Crippen molar-refractivity contribution in [1.29, 1.82) is 0 Å². The number of hydrogen-bond acceptors (Lipinski definition) is 2. The zero-order chi connectivity index (χ0) is 16.4. The van der Waals surface area contributed by atoms with E-state index in [0.29, 0.717) is 19.0 Å². The van der Waals surface area contributed by atoms with Crippen LogP contribution in [0.4, 0.5) is 5.69 Å². The fourth-order valence-electron chi connectivity index (χ4n) is 2.82. The van der Waals surface area contributed by atoms with Crippen LogP contribution in [0.3, 0.4) is 0 Å². The predicted molar refractivity (Wildman–Crippen MR) is 94.0 cm³/mol. The molecule has 0 saturated heterocycles. The van der Waals surface area contributed by atoms with Crippen molar-refractivity contribution in [2.75, 3.05) is 5.73 Å². The Morgan fingerprint density at radius 2 is 1.70 bits per heavy atom. The van der Waals surface area contributed by atoms with Crippen molar-refractivity contribution >= 4 is 11.6 Å². The summed E-state index contributed by atoms with van der Waals surface area (Å²) in [6.45, 7) is 4.94. The van der Waals surface area contributed by atoms with Gasteiger partial charge in [-0.3, -0.25) is 4.79 Å². The van der Waals surface area contributed by atoms with Crippen LogP contribution < -0.4 is 5.73 Å². The minimum atomic E-state index is 0.204. The van der Waals surface area contributed by atoms with E-state index in [1.807, 2.05) is 29.2 Å². The molecule has 1 fully saturated rings. The van der Waals surface area contributed by atoms with E-state index in [4.69, 9.17) is 5.73 Å². The lowest BCUT2D eigenvalue weighted by atomic mass is 10.1. The molecule has 0 heterocycles. The molecule has 0 aliphatic heterocycles. The first-order valence-electron chi connectivity index (χ1n) is 8.23. The molecule has 23 heavy (non-hydrogen) atoms. The van der Waals surface area contributed by atoms with Crippen molar-refractivity contribution in [2.45, 2.75) is 45.7 Å². The lowest BCUT2D eigenvalue weighted by molar-refractivity contribution is -0.131. The van der Waals surface area contributed by atoms with Gasteiger partial charge in [-0.05, 0) is 61.1 Å². The number of amides is 1. The summed E-state index contributed by atoms with van der Waals surface area (Å²) < 4.78 is 0. The second-order valence-corrected chi connectivity index (χ2v) is 6.59. The molecule has 120 valence electrons. The van der Waals surface area contributed by atoms with Gasteiger partial charge < -0.3 is 10.6 Å². The summed E-state index contributed by atoms with van der Waals surface area (Å²) in [6, 6.07) is 14.5. The van der Waals surface area contributed by atoms with E-state index in [-0.39, 0.29) is 5.91 Å². The fourth-order valence-corrected chi connectivity index (χ4v) is 2.82. The van der Waals surface area contributed by atoms with E-state index < -0.39 is 0 Å². The predicted octanol–water partition coefficient (Wildman–Crippen LogP) is 3.62. The fraction of sp³-hybridized carbons (Fsp3) is 0.350. The van der Waals surface area contributed by atoms with Crippen molar-refractivity contribution in [3.05, 3.63) is 64.7 Å². The summed E-state index contributed by atoms with van der Waals surface area (Å²) >= 11 is 0. The van der Waals surface area contributed by atoms with Crippen LogP contribution in [-0.4, -0.2) is 16.8 Å². The Bertz CT molecular complexity index is 702. The minimum absolute atomic E-state index is 0.204. The summed E-state index contributed by atoms with van der Waals surface area (Å²) in [6.07, 6.45) is 2.69. The van der Waals surface area contributed by atoms with Gasteiger partial charge in [-0.1, -0.05) is 30.3 Å². The monoisotopic (exact) mass is 308 g/mol. The Morgan fingerprint density at radius 1 is 1.04 bits per heavy atom. The summed E-state index contributed by atoms with van der Waals surface area (Å²) in [5.41, 5.74) is 11.3. The smallest absolute Gasteiger partial charge is 0.227 e. The summed E-state index contributed by atoms with van der Waals surface area (Å²) in [5, 5.41) is 0. The van der Waals surface area contributed by atoms with Gasteiger partial charge in [-0.25, -0.2) is 0 Å². The summed E-state index contributed by atoms with van der Waals surface area (Å²) in [4.78, 5) is 14.8. The van der Waals surface area contributed by atoms with Gasteiger partial charge >= 0.3 is 0 Å². The van der Waals surface area contributed by atoms with E-state index in [2.05, 4.69) is 32.0 Å². The third-order valence-corrected chi connectivity index (χ3v) is 4.57. The number of hydrogen-bond donors (Lipinski definition) is 1. The third kappa shape index (κ3) is 3.92. The first-order chi connectivity index (χ1) is 11.0. The Hall–Kier alpha value is -2.29. The molecular formula is C20H24N2O. The van der Waals surface area contributed by atoms with Crippen LogP contribution in [0.15, 0.2) is 42.5 Å². The first-order valence-corrected chi connectivity index (χ1v) is 8.23. The maximum Gasteiger partial charge on any atom is 0.227 e. The maximum absolute atomic E-state index is 12.7. The highest BCUT2D eigenvalue weighted by atomic mass is 16.2. The van der Waals surface area contributed by atoms with Crippen LogP contribution in [0.2, 0.25) is 0 Å². The van der Waals surface area contributed by atoms with Crippen LogP contribution in [0.5, 0.6) is 0 Å². The molecule has 0 atom stereocenters. The van der Waals surface area contributed by atoms with Crippen LogP contribution in [0.25, 0.3) is 0 Å². The topological polar surface area (TPSA) is 46.3 Å². The van der Waals surface area contributed by atoms with E-state index in [9.17, 15) is 4.79 Å². The van der Waals surface area contributed by atoms with Crippen LogP contribution >= 0.6 is 0 Å². The van der Waals surface area contributed by atoms with Crippen molar-refractivity contribution in [1.82, 2.24) is 4.90 Å². The molecular weight excluding hydrogens is 284 g/mol. The highest BCUT2D eigenvalue weighted by Crippen LogP contribution is 2.29. The number of benzene rings is 2. The van der Waals surface area contributed by atoms with E-state index in [0.717, 1.165) is 24.1 Å². The molecule has 0 unspecified atom stereocenters. The molecule has 1 aliphatic carbocycles. The average Bonchev–Trinajstić information content (AvgIpc) is 3.35. The number of anilines is 1. The number of carbonyl (C=O) groups is 1. The zero-order valence-electron chi connectivity index (χ0n) is 13.9. The second kappa shape index (κ2) is 6.45. The van der Waals surface area contributed by atoms with E-state index in [1.165, 1.54) is 16.7 Å². The minimum Gasteiger partial charge on any atom is -0.399 e. The first kappa shape index (κ1) is 15.6. The average molecular weight is 308 g/mol. The lowest BCUT2D eigenvalue weighted by Crippen LogP contribution is -2.33. The standard InChI is InChI=1S/C20H24N2O/c1-14-3-4-17(11-15(14)2)13-22(19-9-10-19)20(23)12-16-5-7-18(21)8-6-16/h3-8,11,19H,9-10,12-13,21H2,1-2H3. The second-order valence-electron chi connectivity index (χ2n) is 6.59. The number of aryl methyl sites for hydroxylation is 2. The summed E-state index contributed by atoms with van der Waals surface area (Å²) in [7, 11) is 0. The van der Waals surface area contributed by atoms with Gasteiger partial charge in [0.15, 0.2) is 0 Å². The number of nitrogen functional groups attached to an aromatic ring is 1. The van der Waals surface area contributed by atoms with Crippen molar-refractivity contribution in [3.63, 3.8) is 0 Å². The Labute approximate surface area is 138 Å². The van der Waals surface area contributed by atoms with Gasteiger partial charge in [0.25, 0.3) is 0 Å². The van der Waals surface area contributed by atoms with Gasteiger partial charge in [0.05, 0.1) is 6.42 Å². The molecule has 0 aromatic heterocycles. The highest BCUT2D eigenvalue weighted by Gasteiger charge is 2.32. The molecule has 3 heteroatoms. The normalized spacial score (nSPS) is 13.8.